The Morgan fingerprint density at radius 2 is 1.90 bits per heavy atom. The largest absolute Gasteiger partial charge is 0.450 e. The Morgan fingerprint density at radius 1 is 1.20 bits per heavy atom. The number of nitro benzene ring substituents is 1. The van der Waals surface area contributed by atoms with Crippen molar-refractivity contribution in [2.75, 3.05) is 0 Å². The van der Waals surface area contributed by atoms with Gasteiger partial charge in [0.2, 0.25) is 5.75 Å². The summed E-state index contributed by atoms with van der Waals surface area (Å²) < 4.78 is 5.48. The van der Waals surface area contributed by atoms with E-state index < -0.39 is 4.92 Å². The number of hydrogen-bond donors (Lipinski definition) is 1. The molecule has 0 amide bonds. The number of aliphatic hydroxyl groups is 1. The SMILES string of the molecule is N#Cc1cccc(Oc2ccccc2CO)c1[N+](=O)[O-]. The topological polar surface area (TPSA) is 96.4 Å². The molecule has 0 unspecified atom stereocenters. The lowest BCUT2D eigenvalue weighted by Gasteiger charge is -2.10. The first kappa shape index (κ1) is 13.5. The second-order valence-electron chi connectivity index (χ2n) is 3.89. The van der Waals surface area contributed by atoms with E-state index in [-0.39, 0.29) is 23.6 Å². The van der Waals surface area contributed by atoms with Gasteiger partial charge in [-0.15, -0.1) is 0 Å². The minimum atomic E-state index is -0.657. The van der Waals surface area contributed by atoms with Gasteiger partial charge in [0.1, 0.15) is 17.4 Å². The highest BCUT2D eigenvalue weighted by atomic mass is 16.6. The Labute approximate surface area is 114 Å². The fraction of sp³-hybridized carbons (Fsp3) is 0.0714. The van der Waals surface area contributed by atoms with Gasteiger partial charge in [-0.3, -0.25) is 10.1 Å². The third kappa shape index (κ3) is 2.58. The van der Waals surface area contributed by atoms with E-state index in [9.17, 15) is 15.2 Å². The lowest BCUT2D eigenvalue weighted by atomic mass is 10.1. The molecule has 0 spiro atoms. The molecule has 0 bridgehead atoms. The van der Waals surface area contributed by atoms with Gasteiger partial charge in [-0.05, 0) is 18.2 Å². The first-order chi connectivity index (χ1) is 9.67. The average Bonchev–Trinajstić information content (AvgIpc) is 2.47. The highest BCUT2D eigenvalue weighted by molar-refractivity contribution is 5.59. The second kappa shape index (κ2) is 5.82. The molecule has 0 atom stereocenters. The maximum absolute atomic E-state index is 11.1. The normalized spacial score (nSPS) is 9.80. The summed E-state index contributed by atoms with van der Waals surface area (Å²) in [5, 5.41) is 29.2. The molecule has 100 valence electrons. The zero-order valence-electron chi connectivity index (χ0n) is 10.3. The molecule has 0 aliphatic heterocycles. The van der Waals surface area contributed by atoms with E-state index in [2.05, 4.69) is 0 Å². The predicted molar refractivity (Wildman–Crippen MR) is 70.3 cm³/mol. The molecule has 0 heterocycles. The number of rotatable bonds is 4. The maximum Gasteiger partial charge on any atom is 0.329 e. The molecule has 2 aromatic rings. The molecular formula is C14H10N2O4. The summed E-state index contributed by atoms with van der Waals surface area (Å²) in [4.78, 5) is 10.4. The van der Waals surface area contributed by atoms with Gasteiger partial charge in [-0.25, -0.2) is 0 Å². The molecule has 6 heteroatoms. The summed E-state index contributed by atoms with van der Waals surface area (Å²) in [6, 6.07) is 12.7. The van der Waals surface area contributed by atoms with Crippen molar-refractivity contribution in [1.82, 2.24) is 0 Å². The molecule has 6 nitrogen and oxygen atoms in total. The van der Waals surface area contributed by atoms with Gasteiger partial charge in [0.25, 0.3) is 0 Å². The van der Waals surface area contributed by atoms with Crippen LogP contribution in [0.3, 0.4) is 0 Å². The first-order valence-electron chi connectivity index (χ1n) is 5.71. The monoisotopic (exact) mass is 270 g/mol. The highest BCUT2D eigenvalue weighted by Crippen LogP contribution is 2.35. The molecule has 0 aliphatic rings. The van der Waals surface area contributed by atoms with Crippen LogP contribution in [0.15, 0.2) is 42.5 Å². The number of nitrogens with zero attached hydrogens (tertiary/aromatic N) is 2. The molecule has 2 rings (SSSR count). The highest BCUT2D eigenvalue weighted by Gasteiger charge is 2.21. The van der Waals surface area contributed by atoms with Gasteiger partial charge in [0, 0.05) is 5.56 Å². The van der Waals surface area contributed by atoms with Crippen molar-refractivity contribution >= 4 is 5.69 Å². The van der Waals surface area contributed by atoms with Crippen LogP contribution in [0.25, 0.3) is 0 Å². The molecule has 0 saturated heterocycles. The van der Waals surface area contributed by atoms with E-state index in [0.717, 1.165) is 0 Å². The van der Waals surface area contributed by atoms with Crippen molar-refractivity contribution in [3.05, 3.63) is 63.7 Å². The molecule has 0 fully saturated rings. The summed E-state index contributed by atoms with van der Waals surface area (Å²) in [5.74, 6) is 0.281. The standard InChI is InChI=1S/C14H10N2O4/c15-8-10-5-3-7-13(14(10)16(18)19)20-12-6-2-1-4-11(12)9-17/h1-7,17H,9H2. The minimum Gasteiger partial charge on any atom is -0.450 e. The zero-order valence-corrected chi connectivity index (χ0v) is 10.3. The number of hydrogen-bond acceptors (Lipinski definition) is 5. The molecule has 20 heavy (non-hydrogen) atoms. The van der Waals surface area contributed by atoms with Crippen LogP contribution >= 0.6 is 0 Å². The Kier molecular flexibility index (Phi) is 3.93. The summed E-state index contributed by atoms with van der Waals surface area (Å²) >= 11 is 0. The Bertz CT molecular complexity index is 692. The van der Waals surface area contributed by atoms with Crippen LogP contribution in [0, 0.1) is 21.4 Å². The van der Waals surface area contributed by atoms with Gasteiger partial charge in [-0.1, -0.05) is 24.3 Å². The summed E-state index contributed by atoms with van der Waals surface area (Å²) in [7, 11) is 0. The lowest BCUT2D eigenvalue weighted by molar-refractivity contribution is -0.385. The molecule has 0 aromatic heterocycles. The van der Waals surface area contributed by atoms with E-state index >= 15 is 0 Å². The summed E-state index contributed by atoms with van der Waals surface area (Å²) in [6.45, 7) is -0.248. The van der Waals surface area contributed by atoms with Crippen molar-refractivity contribution in [2.24, 2.45) is 0 Å². The quantitative estimate of drug-likeness (QED) is 0.680. The predicted octanol–water partition coefficient (Wildman–Crippen LogP) is 2.75. The van der Waals surface area contributed by atoms with Crippen molar-refractivity contribution < 1.29 is 14.8 Å². The number of para-hydroxylation sites is 2. The molecule has 0 saturated carbocycles. The van der Waals surface area contributed by atoms with Gasteiger partial charge < -0.3 is 9.84 Å². The molecule has 0 aliphatic carbocycles. The number of ether oxygens (including phenoxy) is 1. The average molecular weight is 270 g/mol. The van der Waals surface area contributed by atoms with Crippen LogP contribution in [-0.2, 0) is 6.61 Å². The van der Waals surface area contributed by atoms with Crippen LogP contribution < -0.4 is 4.74 Å². The van der Waals surface area contributed by atoms with Gasteiger partial charge in [0.05, 0.1) is 11.5 Å². The third-order valence-corrected chi connectivity index (χ3v) is 2.66. The van der Waals surface area contributed by atoms with E-state index in [1.54, 1.807) is 30.3 Å². The fourth-order valence-electron chi connectivity index (χ4n) is 1.74. The maximum atomic E-state index is 11.1. The number of nitro groups is 1. The van der Waals surface area contributed by atoms with Gasteiger partial charge in [-0.2, -0.15) is 5.26 Å². The van der Waals surface area contributed by atoms with Crippen molar-refractivity contribution in [3.8, 4) is 17.6 Å². The fourth-order valence-corrected chi connectivity index (χ4v) is 1.74. The summed E-state index contributed by atoms with van der Waals surface area (Å²) in [5.41, 5.74) is 0.0425. The first-order valence-corrected chi connectivity index (χ1v) is 5.71. The van der Waals surface area contributed by atoms with Crippen LogP contribution in [0.2, 0.25) is 0 Å². The zero-order chi connectivity index (χ0) is 14.5. The van der Waals surface area contributed by atoms with Crippen LogP contribution in [-0.4, -0.2) is 10.0 Å². The lowest BCUT2D eigenvalue weighted by Crippen LogP contribution is -1.98. The number of benzene rings is 2. The molecule has 0 radical (unpaired) electrons. The van der Waals surface area contributed by atoms with Crippen molar-refractivity contribution in [2.45, 2.75) is 6.61 Å². The Balaban J connectivity index is 2.49. The molecule has 1 N–H and O–H groups in total. The van der Waals surface area contributed by atoms with E-state index in [0.29, 0.717) is 11.3 Å². The number of aliphatic hydroxyl groups excluding tert-OH is 1. The van der Waals surface area contributed by atoms with Gasteiger partial charge in [0.15, 0.2) is 0 Å². The Morgan fingerprint density at radius 3 is 2.55 bits per heavy atom. The van der Waals surface area contributed by atoms with Gasteiger partial charge >= 0.3 is 5.69 Å². The van der Waals surface area contributed by atoms with Crippen LogP contribution in [0.1, 0.15) is 11.1 Å². The third-order valence-electron chi connectivity index (χ3n) is 2.66. The molecule has 2 aromatic carbocycles. The second-order valence-corrected chi connectivity index (χ2v) is 3.89. The van der Waals surface area contributed by atoms with Crippen molar-refractivity contribution in [3.63, 3.8) is 0 Å². The van der Waals surface area contributed by atoms with E-state index in [1.165, 1.54) is 18.2 Å². The minimum absolute atomic E-state index is 0.0325. The van der Waals surface area contributed by atoms with E-state index in [1.807, 2.05) is 0 Å². The van der Waals surface area contributed by atoms with Crippen LogP contribution in [0.4, 0.5) is 5.69 Å². The Hall–Kier alpha value is -2.91. The van der Waals surface area contributed by atoms with Crippen molar-refractivity contribution in [1.29, 1.82) is 5.26 Å². The van der Waals surface area contributed by atoms with Crippen LogP contribution in [0.5, 0.6) is 11.5 Å². The summed E-state index contributed by atoms with van der Waals surface area (Å²) in [6.07, 6.45) is 0. The van der Waals surface area contributed by atoms with E-state index in [4.69, 9.17) is 10.00 Å². The smallest absolute Gasteiger partial charge is 0.329 e. The molecular weight excluding hydrogens is 260 g/mol. The number of nitriles is 1.